The van der Waals surface area contributed by atoms with Gasteiger partial charge in [0.1, 0.15) is 10.6 Å². The van der Waals surface area contributed by atoms with Crippen molar-refractivity contribution in [2.24, 2.45) is 20.5 Å². The monoisotopic (exact) mass is 683 g/mol. The summed E-state index contributed by atoms with van der Waals surface area (Å²) in [6.45, 7) is 2.40. The zero-order chi connectivity index (χ0) is 33.1. The number of rotatable bonds is 10. The molecular weight excluding hydrogens is 662 g/mol. The Balaban J connectivity index is 1.39. The predicted molar refractivity (Wildman–Crippen MR) is 169 cm³/mol. The molecule has 5 rings (SSSR count). The summed E-state index contributed by atoms with van der Waals surface area (Å²) in [5.41, 5.74) is 0.917. The van der Waals surface area contributed by atoms with E-state index in [1.54, 1.807) is 6.07 Å². The molecule has 1 aromatic heterocycles. The van der Waals surface area contributed by atoms with Gasteiger partial charge in [-0.15, -0.1) is 5.11 Å². The molecule has 5 N–H and O–H groups in total. The minimum atomic E-state index is -4.86. The number of nitrogens with zero attached hydrogens (tertiary/aromatic N) is 7. The fraction of sp³-hybridized carbons (Fsp3) is 0.0741. The highest BCUT2D eigenvalue weighted by Crippen LogP contribution is 2.42. The van der Waals surface area contributed by atoms with Gasteiger partial charge in [0.15, 0.2) is 5.75 Å². The molecule has 0 aliphatic rings. The highest BCUT2D eigenvalue weighted by atomic mass is 35.5. The van der Waals surface area contributed by atoms with E-state index < -0.39 is 36.6 Å². The SMILES string of the molecule is CCNc1nc(Cl)nc(Nc2ccc3c(O)c(N=Nc4ccc(N=Nc5ccc(S(=O)(=O)O)cc5)cc4)c(S(=O)(=O)O)cc3c2)n1. The first-order valence-electron chi connectivity index (χ1n) is 13.0. The molecule has 19 heteroatoms. The number of aromatic nitrogens is 3. The lowest BCUT2D eigenvalue weighted by atomic mass is 10.1. The van der Waals surface area contributed by atoms with Gasteiger partial charge in [-0.1, -0.05) is 0 Å². The molecular formula is C27H22ClN9O7S2. The fourth-order valence-electron chi connectivity index (χ4n) is 3.99. The van der Waals surface area contributed by atoms with Crippen molar-refractivity contribution in [3.8, 4) is 5.75 Å². The van der Waals surface area contributed by atoms with Crippen LogP contribution < -0.4 is 10.6 Å². The summed E-state index contributed by atoms with van der Waals surface area (Å²) in [4.78, 5) is 11.2. The number of hydrogen-bond donors (Lipinski definition) is 5. The van der Waals surface area contributed by atoms with Gasteiger partial charge in [0.2, 0.25) is 17.2 Å². The van der Waals surface area contributed by atoms with Crippen molar-refractivity contribution < 1.29 is 31.0 Å². The van der Waals surface area contributed by atoms with Crippen LogP contribution in [-0.2, 0) is 20.2 Å². The van der Waals surface area contributed by atoms with Crippen molar-refractivity contribution in [2.75, 3.05) is 17.2 Å². The molecule has 236 valence electrons. The standard InChI is InChI=1S/C27H22ClN9O7S2/c1-2-29-26-31-25(28)32-27(33-26)30-19-9-12-21-15(13-19)14-22(46(42,43)44)23(24(21)38)37-36-17-5-3-16(4-6-17)34-35-18-7-10-20(11-8-18)45(39,40)41/h3-14,38H,2H2,1H3,(H,39,40,41)(H,42,43,44)(H2,29,30,31,32,33). The Morgan fingerprint density at radius 2 is 1.30 bits per heavy atom. The minimum absolute atomic E-state index is 0.0547. The van der Waals surface area contributed by atoms with Crippen LogP contribution >= 0.6 is 11.6 Å². The average Bonchev–Trinajstić information content (AvgIpc) is 2.99. The second-order valence-corrected chi connectivity index (χ2v) is 12.4. The number of azo groups is 2. The quantitative estimate of drug-likeness (QED) is 0.0747. The van der Waals surface area contributed by atoms with E-state index in [1.807, 2.05) is 6.92 Å². The summed E-state index contributed by atoms with van der Waals surface area (Å²) in [6, 6.07) is 16.9. The zero-order valence-corrected chi connectivity index (χ0v) is 25.8. The number of phenols is 1. The van der Waals surface area contributed by atoms with Crippen molar-refractivity contribution in [1.82, 2.24) is 15.0 Å². The summed E-state index contributed by atoms with van der Waals surface area (Å²) in [6.07, 6.45) is 0. The van der Waals surface area contributed by atoms with Crippen LogP contribution in [0.3, 0.4) is 0 Å². The molecule has 0 fully saturated rings. The summed E-state index contributed by atoms with van der Waals surface area (Å²) in [7, 11) is -9.19. The van der Waals surface area contributed by atoms with Crippen LogP contribution in [0.25, 0.3) is 10.8 Å². The number of phenolic OH excluding ortho intramolecular Hbond substituents is 1. The van der Waals surface area contributed by atoms with E-state index in [-0.39, 0.29) is 38.5 Å². The lowest BCUT2D eigenvalue weighted by Crippen LogP contribution is -2.06. The van der Waals surface area contributed by atoms with Crippen LogP contribution in [0.5, 0.6) is 5.75 Å². The van der Waals surface area contributed by atoms with E-state index in [9.17, 15) is 26.5 Å². The molecule has 0 spiro atoms. The van der Waals surface area contributed by atoms with Crippen LogP contribution in [0.15, 0.2) is 103 Å². The van der Waals surface area contributed by atoms with Crippen LogP contribution in [-0.4, -0.2) is 52.5 Å². The molecule has 0 amide bonds. The van der Waals surface area contributed by atoms with Gasteiger partial charge in [-0.3, -0.25) is 9.11 Å². The molecule has 0 radical (unpaired) electrons. The highest BCUT2D eigenvalue weighted by Gasteiger charge is 2.22. The first kappa shape index (κ1) is 32.3. The molecule has 0 bridgehead atoms. The van der Waals surface area contributed by atoms with E-state index in [1.165, 1.54) is 60.7 Å². The molecule has 0 atom stereocenters. The number of fused-ring (bicyclic) bond motifs is 1. The Kier molecular flexibility index (Phi) is 9.17. The molecule has 0 saturated heterocycles. The third-order valence-corrected chi connectivity index (χ3v) is 7.96. The summed E-state index contributed by atoms with van der Waals surface area (Å²) >= 11 is 5.97. The molecule has 16 nitrogen and oxygen atoms in total. The first-order chi connectivity index (χ1) is 21.8. The molecule has 5 aromatic rings. The number of anilines is 3. The van der Waals surface area contributed by atoms with Crippen LogP contribution in [0.4, 0.5) is 40.3 Å². The topological polar surface area (TPSA) is 241 Å². The second-order valence-electron chi connectivity index (χ2n) is 9.28. The predicted octanol–water partition coefficient (Wildman–Crippen LogP) is 6.88. The molecule has 0 saturated carbocycles. The molecule has 0 aliphatic carbocycles. The van der Waals surface area contributed by atoms with Gasteiger partial charge >= 0.3 is 0 Å². The van der Waals surface area contributed by atoms with Crippen molar-refractivity contribution in [3.63, 3.8) is 0 Å². The number of aromatic hydroxyl groups is 1. The first-order valence-corrected chi connectivity index (χ1v) is 16.3. The maximum atomic E-state index is 12.3. The third-order valence-electron chi connectivity index (χ3n) is 6.06. The van der Waals surface area contributed by atoms with Crippen molar-refractivity contribution in [1.29, 1.82) is 0 Å². The average molecular weight is 684 g/mol. The van der Waals surface area contributed by atoms with Crippen LogP contribution in [0, 0.1) is 0 Å². The fourth-order valence-corrected chi connectivity index (χ4v) is 5.29. The van der Waals surface area contributed by atoms with E-state index in [0.717, 1.165) is 6.07 Å². The van der Waals surface area contributed by atoms with Crippen LogP contribution in [0.1, 0.15) is 6.92 Å². The Morgan fingerprint density at radius 3 is 1.87 bits per heavy atom. The van der Waals surface area contributed by atoms with Gasteiger partial charge in [-0.2, -0.15) is 47.1 Å². The smallest absolute Gasteiger partial charge is 0.296 e. The Hall–Kier alpha value is -5.14. The zero-order valence-electron chi connectivity index (χ0n) is 23.4. The molecule has 4 aromatic carbocycles. The summed E-state index contributed by atoms with van der Waals surface area (Å²) in [5.74, 6) is -0.178. The Labute approximate surface area is 266 Å². The maximum absolute atomic E-state index is 12.3. The van der Waals surface area contributed by atoms with E-state index >= 15 is 0 Å². The van der Waals surface area contributed by atoms with Gasteiger partial charge < -0.3 is 15.7 Å². The van der Waals surface area contributed by atoms with E-state index in [0.29, 0.717) is 23.6 Å². The lowest BCUT2D eigenvalue weighted by Gasteiger charge is -2.11. The molecule has 1 heterocycles. The van der Waals surface area contributed by atoms with Gasteiger partial charge in [0, 0.05) is 17.6 Å². The second kappa shape index (κ2) is 13.1. The van der Waals surface area contributed by atoms with Gasteiger partial charge in [0.05, 0.1) is 22.0 Å². The van der Waals surface area contributed by atoms with Crippen LogP contribution in [0.2, 0.25) is 5.28 Å². The Bertz CT molecular complexity index is 2220. The lowest BCUT2D eigenvalue weighted by molar-refractivity contribution is 0.472. The molecule has 46 heavy (non-hydrogen) atoms. The van der Waals surface area contributed by atoms with Gasteiger partial charge in [0.25, 0.3) is 20.2 Å². The minimum Gasteiger partial charge on any atom is -0.505 e. The van der Waals surface area contributed by atoms with E-state index in [4.69, 9.17) is 16.2 Å². The number of nitrogens with one attached hydrogen (secondary N) is 2. The van der Waals surface area contributed by atoms with Crippen molar-refractivity contribution in [2.45, 2.75) is 16.7 Å². The summed E-state index contributed by atoms with van der Waals surface area (Å²) in [5, 5.41) is 33.2. The van der Waals surface area contributed by atoms with Crippen molar-refractivity contribution >= 4 is 82.9 Å². The molecule has 0 unspecified atom stereocenters. The van der Waals surface area contributed by atoms with Gasteiger partial charge in [-0.25, -0.2) is 0 Å². The normalized spacial score (nSPS) is 12.3. The highest BCUT2D eigenvalue weighted by molar-refractivity contribution is 7.86. The molecule has 0 aliphatic heterocycles. The number of halogens is 1. The third kappa shape index (κ3) is 7.73. The number of benzene rings is 4. The maximum Gasteiger partial charge on any atom is 0.296 e. The van der Waals surface area contributed by atoms with E-state index in [2.05, 4.69) is 46.0 Å². The van der Waals surface area contributed by atoms with Crippen molar-refractivity contribution in [3.05, 3.63) is 78.1 Å². The Morgan fingerprint density at radius 1 is 0.739 bits per heavy atom. The number of hydrogen-bond acceptors (Lipinski definition) is 14. The summed E-state index contributed by atoms with van der Waals surface area (Å²) < 4.78 is 65.9. The van der Waals surface area contributed by atoms with Gasteiger partial charge in [-0.05, 0) is 96.7 Å². The largest absolute Gasteiger partial charge is 0.505 e.